The average Bonchev–Trinajstić information content (AvgIpc) is 2.27. The molecule has 100 valence electrons. The van der Waals surface area contributed by atoms with E-state index in [0.29, 0.717) is 0 Å². The van der Waals surface area contributed by atoms with Crippen molar-refractivity contribution in [2.24, 2.45) is 0 Å². The Hall–Kier alpha value is -1.20. The lowest BCUT2D eigenvalue weighted by Gasteiger charge is -2.15. The summed E-state index contributed by atoms with van der Waals surface area (Å²) in [4.78, 5) is 11.3. The van der Waals surface area contributed by atoms with E-state index in [-0.39, 0.29) is 22.8 Å². The van der Waals surface area contributed by atoms with E-state index in [2.05, 4.69) is 4.74 Å². The van der Waals surface area contributed by atoms with E-state index in [9.17, 15) is 18.7 Å². The Balaban J connectivity index is 3.02. The van der Waals surface area contributed by atoms with Gasteiger partial charge in [0.15, 0.2) is 6.10 Å². The molecule has 1 rings (SSSR count). The minimum absolute atomic E-state index is 0.0446. The second kappa shape index (κ2) is 5.63. The molecular weight excluding hydrogens is 266 g/mol. The number of rotatable bonds is 4. The summed E-state index contributed by atoms with van der Waals surface area (Å²) in [5, 5.41) is 9.55. The fraction of sp³-hybridized carbons (Fsp3) is 0.417. The molecule has 1 aromatic carbocycles. The van der Waals surface area contributed by atoms with E-state index in [1.54, 1.807) is 6.92 Å². The molecule has 6 heteroatoms. The summed E-state index contributed by atoms with van der Waals surface area (Å²) in [7, 11) is 0. The summed E-state index contributed by atoms with van der Waals surface area (Å²) < 4.78 is 30.7. The Kier molecular flexibility index (Phi) is 4.65. The number of alkyl halides is 2. The van der Waals surface area contributed by atoms with Crippen molar-refractivity contribution in [1.29, 1.82) is 0 Å². The third-order valence-corrected chi connectivity index (χ3v) is 2.64. The number of carbonyl (C=O) groups is 1. The van der Waals surface area contributed by atoms with Gasteiger partial charge in [-0.1, -0.05) is 23.7 Å². The molecule has 0 bridgehead atoms. The van der Waals surface area contributed by atoms with Gasteiger partial charge < -0.3 is 9.84 Å². The molecule has 0 radical (unpaired) electrons. The van der Waals surface area contributed by atoms with Crippen LogP contribution in [-0.4, -0.2) is 17.7 Å². The zero-order valence-electron chi connectivity index (χ0n) is 9.91. The zero-order valence-corrected chi connectivity index (χ0v) is 10.7. The van der Waals surface area contributed by atoms with Gasteiger partial charge in [0, 0.05) is 23.1 Å². The summed E-state index contributed by atoms with van der Waals surface area (Å²) in [6.45, 7) is 2.44. The van der Waals surface area contributed by atoms with E-state index in [0.717, 1.165) is 19.1 Å². The summed E-state index contributed by atoms with van der Waals surface area (Å²) in [5.41, 5.74) is -0.240. The minimum Gasteiger partial charge on any atom is -0.464 e. The van der Waals surface area contributed by atoms with Crippen molar-refractivity contribution in [3.8, 4) is 0 Å². The molecule has 1 unspecified atom stereocenters. The highest BCUT2D eigenvalue weighted by molar-refractivity contribution is 6.31. The second-order valence-corrected chi connectivity index (χ2v) is 4.19. The lowest BCUT2D eigenvalue weighted by Crippen LogP contribution is -2.16. The molecule has 1 aromatic rings. The molecule has 0 aliphatic carbocycles. The molecule has 0 heterocycles. The normalized spacial score (nSPS) is 13.2. The van der Waals surface area contributed by atoms with Crippen LogP contribution in [0.1, 0.15) is 31.1 Å². The fourth-order valence-corrected chi connectivity index (χ4v) is 1.65. The van der Waals surface area contributed by atoms with Crippen LogP contribution in [0.2, 0.25) is 5.02 Å². The first-order chi connectivity index (χ1) is 8.27. The van der Waals surface area contributed by atoms with Crippen LogP contribution in [0.4, 0.5) is 8.78 Å². The molecule has 0 fully saturated rings. The van der Waals surface area contributed by atoms with Gasteiger partial charge in [0.25, 0.3) is 5.92 Å². The number of aliphatic hydroxyl groups excluding tert-OH is 1. The molecule has 18 heavy (non-hydrogen) atoms. The molecule has 0 saturated carbocycles. The van der Waals surface area contributed by atoms with Crippen molar-refractivity contribution in [1.82, 2.24) is 0 Å². The SMILES string of the molecule is CCOC(=O)C(O)c1ccc(C(C)(F)F)cc1Cl. The third kappa shape index (κ3) is 3.40. The van der Waals surface area contributed by atoms with Crippen molar-refractivity contribution in [3.63, 3.8) is 0 Å². The predicted molar refractivity (Wildman–Crippen MR) is 62.6 cm³/mol. The van der Waals surface area contributed by atoms with Crippen LogP contribution in [0.25, 0.3) is 0 Å². The van der Waals surface area contributed by atoms with Crippen LogP contribution in [0.5, 0.6) is 0 Å². The number of hydrogen-bond donors (Lipinski definition) is 1. The number of aliphatic hydroxyl groups is 1. The van der Waals surface area contributed by atoms with Gasteiger partial charge in [-0.3, -0.25) is 0 Å². The Morgan fingerprint density at radius 1 is 1.56 bits per heavy atom. The number of benzene rings is 1. The minimum atomic E-state index is -3.03. The summed E-state index contributed by atoms with van der Waals surface area (Å²) in [6, 6.07) is 3.33. The standard InChI is InChI=1S/C12H13ClF2O3/c1-3-18-11(17)10(16)8-5-4-7(6-9(8)13)12(2,14)15/h4-6,10,16H,3H2,1-2H3. The first-order valence-electron chi connectivity index (χ1n) is 5.29. The smallest absolute Gasteiger partial charge is 0.339 e. The summed E-state index contributed by atoms with van der Waals surface area (Å²) >= 11 is 5.77. The van der Waals surface area contributed by atoms with E-state index in [1.807, 2.05) is 0 Å². The van der Waals surface area contributed by atoms with Crippen LogP contribution in [0.3, 0.4) is 0 Å². The molecule has 0 amide bonds. The van der Waals surface area contributed by atoms with Crippen molar-refractivity contribution in [2.45, 2.75) is 25.9 Å². The number of esters is 1. The van der Waals surface area contributed by atoms with Crippen LogP contribution in [-0.2, 0) is 15.5 Å². The maximum Gasteiger partial charge on any atom is 0.339 e. The highest BCUT2D eigenvalue weighted by Gasteiger charge is 2.27. The van der Waals surface area contributed by atoms with Gasteiger partial charge in [-0.2, -0.15) is 0 Å². The van der Waals surface area contributed by atoms with Crippen molar-refractivity contribution in [2.75, 3.05) is 6.61 Å². The molecule has 0 spiro atoms. The Bertz CT molecular complexity index is 443. The molecular formula is C12H13ClF2O3. The first kappa shape index (κ1) is 14.9. The van der Waals surface area contributed by atoms with Gasteiger partial charge in [0.05, 0.1) is 6.61 Å². The van der Waals surface area contributed by atoms with Crippen molar-refractivity contribution in [3.05, 3.63) is 34.3 Å². The lowest BCUT2D eigenvalue weighted by molar-refractivity contribution is -0.153. The largest absolute Gasteiger partial charge is 0.464 e. The van der Waals surface area contributed by atoms with Crippen LogP contribution in [0.15, 0.2) is 18.2 Å². The van der Waals surface area contributed by atoms with Gasteiger partial charge in [-0.15, -0.1) is 0 Å². The van der Waals surface area contributed by atoms with Gasteiger partial charge in [0.1, 0.15) is 0 Å². The number of carbonyl (C=O) groups excluding carboxylic acids is 1. The Morgan fingerprint density at radius 2 is 2.17 bits per heavy atom. The Labute approximate surface area is 108 Å². The van der Waals surface area contributed by atoms with Crippen molar-refractivity contribution < 1.29 is 23.4 Å². The molecule has 3 nitrogen and oxygen atoms in total. The van der Waals surface area contributed by atoms with Gasteiger partial charge in [-0.25, -0.2) is 13.6 Å². The summed E-state index contributed by atoms with van der Waals surface area (Å²) in [5.74, 6) is -3.90. The van der Waals surface area contributed by atoms with Crippen LogP contribution >= 0.6 is 11.6 Å². The van der Waals surface area contributed by atoms with Gasteiger partial charge in [-0.05, 0) is 13.0 Å². The molecule has 1 atom stereocenters. The summed E-state index contributed by atoms with van der Waals surface area (Å²) in [6.07, 6.45) is -1.57. The number of ether oxygens (including phenoxy) is 1. The Morgan fingerprint density at radius 3 is 2.61 bits per heavy atom. The lowest BCUT2D eigenvalue weighted by atomic mass is 10.0. The van der Waals surface area contributed by atoms with E-state index in [1.165, 1.54) is 6.07 Å². The van der Waals surface area contributed by atoms with Crippen LogP contribution in [0, 0.1) is 0 Å². The van der Waals surface area contributed by atoms with Crippen LogP contribution < -0.4 is 0 Å². The third-order valence-electron chi connectivity index (χ3n) is 2.31. The highest BCUT2D eigenvalue weighted by atomic mass is 35.5. The van der Waals surface area contributed by atoms with E-state index < -0.39 is 18.0 Å². The van der Waals surface area contributed by atoms with Gasteiger partial charge in [0.2, 0.25) is 0 Å². The monoisotopic (exact) mass is 278 g/mol. The van der Waals surface area contributed by atoms with Gasteiger partial charge >= 0.3 is 5.97 Å². The zero-order chi connectivity index (χ0) is 13.9. The first-order valence-corrected chi connectivity index (χ1v) is 5.67. The fourth-order valence-electron chi connectivity index (χ4n) is 1.37. The number of hydrogen-bond acceptors (Lipinski definition) is 3. The molecule has 1 N–H and O–H groups in total. The maximum atomic E-state index is 13.0. The predicted octanol–water partition coefficient (Wildman–Crippen LogP) is 3.05. The molecule has 0 aliphatic heterocycles. The average molecular weight is 279 g/mol. The molecule has 0 aliphatic rings. The van der Waals surface area contributed by atoms with Crippen molar-refractivity contribution >= 4 is 17.6 Å². The topological polar surface area (TPSA) is 46.5 Å². The molecule has 0 aromatic heterocycles. The molecule has 0 saturated heterocycles. The second-order valence-electron chi connectivity index (χ2n) is 3.78. The highest BCUT2D eigenvalue weighted by Crippen LogP contribution is 2.32. The number of halogens is 3. The maximum absolute atomic E-state index is 13.0. The quantitative estimate of drug-likeness (QED) is 0.861. The van der Waals surface area contributed by atoms with E-state index >= 15 is 0 Å². The van der Waals surface area contributed by atoms with E-state index in [4.69, 9.17) is 11.6 Å².